The van der Waals surface area contributed by atoms with Gasteiger partial charge < -0.3 is 25.0 Å². The van der Waals surface area contributed by atoms with E-state index in [4.69, 9.17) is 14.9 Å². The lowest BCUT2D eigenvalue weighted by atomic mass is 10.1. The molecule has 0 spiro atoms. The molecule has 0 radical (unpaired) electrons. The maximum Gasteiger partial charge on any atom is 0.470 e. The number of benzene rings is 1. The number of aromatic nitrogens is 1. The van der Waals surface area contributed by atoms with Crippen LogP contribution in [0, 0.1) is 0 Å². The number of fused-ring (bicyclic) bond motifs is 1. The highest BCUT2D eigenvalue weighted by Gasteiger charge is 2.30. The van der Waals surface area contributed by atoms with Crippen LogP contribution in [0.25, 0.3) is 10.9 Å². The molecule has 7 nitrogen and oxygen atoms in total. The van der Waals surface area contributed by atoms with Crippen molar-refractivity contribution in [2.24, 2.45) is 0 Å². The Hall–Kier alpha value is -1.21. The zero-order chi connectivity index (χ0) is 14.0. The van der Waals surface area contributed by atoms with Gasteiger partial charge in [0.1, 0.15) is 12.2 Å². The first-order valence-electron chi connectivity index (χ1n) is 5.51. The maximum atomic E-state index is 10.9. The molecule has 5 N–H and O–H groups in total. The molecule has 1 heterocycles. The molecule has 104 valence electrons. The van der Waals surface area contributed by atoms with Crippen molar-refractivity contribution in [2.45, 2.75) is 12.2 Å². The third kappa shape index (κ3) is 3.42. The van der Waals surface area contributed by atoms with E-state index >= 15 is 0 Å². The van der Waals surface area contributed by atoms with Gasteiger partial charge in [0.15, 0.2) is 0 Å². The van der Waals surface area contributed by atoms with Crippen molar-refractivity contribution in [1.82, 2.24) is 4.98 Å². The molecule has 8 heteroatoms. The summed E-state index contributed by atoms with van der Waals surface area (Å²) in [6.07, 6.45) is -2.78. The summed E-state index contributed by atoms with van der Waals surface area (Å²) in [6, 6.07) is 8.79. The highest BCUT2D eigenvalue weighted by molar-refractivity contribution is 7.46. The maximum absolute atomic E-state index is 10.9. The van der Waals surface area contributed by atoms with Crippen molar-refractivity contribution in [1.29, 1.82) is 0 Å². The molecule has 0 aliphatic carbocycles. The fourth-order valence-corrected chi connectivity index (χ4v) is 2.38. The molecule has 0 saturated heterocycles. The van der Waals surface area contributed by atoms with E-state index in [1.807, 2.05) is 0 Å². The fraction of sp³-hybridized carbons (Fsp3) is 0.273. The number of nitrogens with one attached hydrogen (secondary N) is 1. The zero-order valence-corrected chi connectivity index (χ0v) is 10.7. The summed E-state index contributed by atoms with van der Waals surface area (Å²) in [5, 5.41) is 19.4. The first-order valence-corrected chi connectivity index (χ1v) is 7.04. The number of aliphatic hydroxyl groups is 2. The summed E-state index contributed by atoms with van der Waals surface area (Å²) in [6.45, 7) is -0.681. The third-order valence-corrected chi connectivity index (χ3v) is 3.15. The summed E-state index contributed by atoms with van der Waals surface area (Å²) >= 11 is 0. The number of phosphoric acid groups is 1. The largest absolute Gasteiger partial charge is 0.470 e. The molecule has 2 aromatic rings. The Morgan fingerprint density at radius 1 is 1.32 bits per heavy atom. The number of hydrogen-bond acceptors (Lipinski definition) is 4. The normalized spacial score (nSPS) is 15.6. The summed E-state index contributed by atoms with van der Waals surface area (Å²) in [7, 11) is -4.79. The third-order valence-electron chi connectivity index (χ3n) is 2.64. The van der Waals surface area contributed by atoms with Gasteiger partial charge in [0.05, 0.1) is 6.61 Å². The Kier molecular flexibility index (Phi) is 4.05. The summed E-state index contributed by atoms with van der Waals surface area (Å²) < 4.78 is 15.4. The monoisotopic (exact) mass is 287 g/mol. The molecule has 0 bridgehead atoms. The summed E-state index contributed by atoms with van der Waals surface area (Å²) in [5.41, 5.74) is 1.02. The van der Waals surface area contributed by atoms with Crippen LogP contribution in [0.3, 0.4) is 0 Å². The molecule has 0 aliphatic rings. The minimum atomic E-state index is -4.79. The van der Waals surface area contributed by atoms with E-state index in [1.165, 1.54) is 0 Å². The molecule has 19 heavy (non-hydrogen) atoms. The van der Waals surface area contributed by atoms with Crippen molar-refractivity contribution >= 4 is 18.7 Å². The van der Waals surface area contributed by atoms with E-state index < -0.39 is 26.6 Å². The zero-order valence-electron chi connectivity index (χ0n) is 9.80. The number of aliphatic hydroxyl groups excluding tert-OH is 2. The van der Waals surface area contributed by atoms with Gasteiger partial charge in [-0.05, 0) is 17.5 Å². The van der Waals surface area contributed by atoms with Gasteiger partial charge in [0.2, 0.25) is 0 Å². The molecule has 0 fully saturated rings. The second kappa shape index (κ2) is 5.42. The number of phosphoric ester groups is 1. The Morgan fingerprint density at radius 2 is 2.00 bits per heavy atom. The van der Waals surface area contributed by atoms with Gasteiger partial charge >= 0.3 is 7.82 Å². The highest BCUT2D eigenvalue weighted by atomic mass is 31.2. The van der Waals surface area contributed by atoms with Gasteiger partial charge in [0, 0.05) is 11.2 Å². The van der Waals surface area contributed by atoms with Crippen LogP contribution in [0.15, 0.2) is 30.3 Å². The second-order valence-electron chi connectivity index (χ2n) is 4.08. The van der Waals surface area contributed by atoms with E-state index in [9.17, 15) is 9.67 Å². The van der Waals surface area contributed by atoms with E-state index in [2.05, 4.69) is 9.51 Å². The van der Waals surface area contributed by atoms with Gasteiger partial charge in [-0.3, -0.25) is 4.52 Å². The first kappa shape index (κ1) is 14.2. The molecule has 1 aromatic heterocycles. The Morgan fingerprint density at radius 3 is 2.58 bits per heavy atom. The van der Waals surface area contributed by atoms with Crippen LogP contribution >= 0.6 is 7.82 Å². The lowest BCUT2D eigenvalue weighted by Crippen LogP contribution is -2.24. The van der Waals surface area contributed by atoms with Gasteiger partial charge in [-0.25, -0.2) is 4.57 Å². The lowest BCUT2D eigenvalue weighted by molar-refractivity contribution is -0.0164. The molecular formula is C11H14NO6P. The predicted octanol–water partition coefficient (Wildman–Crippen LogP) is 0.671. The minimum absolute atomic E-state index is 0.283. The molecule has 1 aromatic carbocycles. The van der Waals surface area contributed by atoms with Crippen molar-refractivity contribution in [3.8, 4) is 0 Å². The molecule has 0 amide bonds. The topological polar surface area (TPSA) is 123 Å². The molecule has 2 rings (SSSR count). The van der Waals surface area contributed by atoms with Crippen LogP contribution in [0.4, 0.5) is 0 Å². The van der Waals surface area contributed by atoms with Gasteiger partial charge in [-0.1, -0.05) is 18.2 Å². The van der Waals surface area contributed by atoms with Gasteiger partial charge in [-0.15, -0.1) is 0 Å². The van der Waals surface area contributed by atoms with Gasteiger partial charge in [0.25, 0.3) is 0 Å². The number of aromatic amines is 1. The van der Waals surface area contributed by atoms with Crippen molar-refractivity contribution in [3.63, 3.8) is 0 Å². The van der Waals surface area contributed by atoms with Crippen molar-refractivity contribution in [2.75, 3.05) is 6.61 Å². The van der Waals surface area contributed by atoms with E-state index in [0.717, 1.165) is 10.9 Å². The fourth-order valence-electron chi connectivity index (χ4n) is 1.83. The average molecular weight is 287 g/mol. The van der Waals surface area contributed by atoms with Crippen molar-refractivity contribution in [3.05, 3.63) is 36.0 Å². The molecule has 2 atom stereocenters. The molecule has 0 aliphatic heterocycles. The van der Waals surface area contributed by atoms with Crippen LogP contribution in [-0.4, -0.2) is 37.7 Å². The SMILES string of the molecule is O=P(O)(O)OC(c1cc2ccccc2[nH]1)C(O)CO. The van der Waals surface area contributed by atoms with E-state index in [1.54, 1.807) is 30.3 Å². The van der Waals surface area contributed by atoms with Crippen molar-refractivity contribution < 1.29 is 29.1 Å². The number of hydrogen-bond donors (Lipinski definition) is 5. The number of rotatable bonds is 5. The van der Waals surface area contributed by atoms with Crippen LogP contribution in [0.2, 0.25) is 0 Å². The standard InChI is InChI=1S/C11H14NO6P/c13-6-10(14)11(18-19(15,16)17)9-5-7-3-1-2-4-8(7)12-9/h1-5,10-14H,6H2,(H2,15,16,17). The lowest BCUT2D eigenvalue weighted by Gasteiger charge is -2.21. The predicted molar refractivity (Wildman–Crippen MR) is 67.3 cm³/mol. The molecule has 2 unspecified atom stereocenters. The minimum Gasteiger partial charge on any atom is -0.394 e. The first-order chi connectivity index (χ1) is 8.90. The Labute approximate surface area is 108 Å². The van der Waals surface area contributed by atoms with Crippen LogP contribution < -0.4 is 0 Å². The van der Waals surface area contributed by atoms with Crippen LogP contribution in [-0.2, 0) is 9.09 Å². The average Bonchev–Trinajstić information content (AvgIpc) is 2.77. The van der Waals surface area contributed by atoms with E-state index in [-0.39, 0.29) is 5.69 Å². The van der Waals surface area contributed by atoms with E-state index in [0.29, 0.717) is 0 Å². The van der Waals surface area contributed by atoms with Gasteiger partial charge in [-0.2, -0.15) is 0 Å². The van der Waals surface area contributed by atoms with Crippen LogP contribution in [0.5, 0.6) is 0 Å². The quantitative estimate of drug-likeness (QED) is 0.515. The smallest absolute Gasteiger partial charge is 0.394 e. The Balaban J connectivity index is 2.39. The highest BCUT2D eigenvalue weighted by Crippen LogP contribution is 2.43. The second-order valence-corrected chi connectivity index (χ2v) is 5.27. The molecule has 0 saturated carbocycles. The summed E-state index contributed by atoms with van der Waals surface area (Å²) in [4.78, 5) is 20.6. The number of H-pyrrole nitrogens is 1. The number of para-hydroxylation sites is 1. The molecular weight excluding hydrogens is 273 g/mol. The Bertz CT molecular complexity index is 573. The summed E-state index contributed by atoms with van der Waals surface area (Å²) in [5.74, 6) is 0. The van der Waals surface area contributed by atoms with Crippen LogP contribution in [0.1, 0.15) is 11.8 Å².